The summed E-state index contributed by atoms with van der Waals surface area (Å²) in [6, 6.07) is 10.8. The zero-order chi connectivity index (χ0) is 26.5. The Hall–Kier alpha value is -3.43. The standard InChI is InChI=1S/C27H30ClF2N5O2/c1-3-35-12-10-20(11-13-35)34-27(36)33-19-6-4-17(5-7-19)18-14-23(26(31)32-15-18)37-16(2)24-21(29)8-9-22(30)25(24)28/h4-9,14-16,20H,3,10-13H2,1-2H3,(H2,31,32)(H2,33,34,36). The fourth-order valence-corrected chi connectivity index (χ4v) is 4.67. The van der Waals surface area contributed by atoms with E-state index < -0.39 is 17.7 Å². The molecule has 1 atom stereocenters. The summed E-state index contributed by atoms with van der Waals surface area (Å²) in [6.45, 7) is 6.69. The van der Waals surface area contributed by atoms with Crippen LogP contribution in [0.1, 0.15) is 38.4 Å². The second kappa shape index (κ2) is 11.7. The molecule has 4 N–H and O–H groups in total. The second-order valence-corrected chi connectivity index (χ2v) is 9.39. The minimum atomic E-state index is -0.915. The Bertz CT molecular complexity index is 1250. The van der Waals surface area contributed by atoms with Crippen LogP contribution in [0.15, 0.2) is 48.7 Å². The highest BCUT2D eigenvalue weighted by molar-refractivity contribution is 6.31. The molecule has 7 nitrogen and oxygen atoms in total. The number of nitrogen functional groups attached to an aromatic ring is 1. The first-order valence-electron chi connectivity index (χ1n) is 12.2. The van der Waals surface area contributed by atoms with Crippen molar-refractivity contribution in [3.05, 3.63) is 70.9 Å². The normalized spacial score (nSPS) is 15.3. The van der Waals surface area contributed by atoms with Crippen molar-refractivity contribution in [1.82, 2.24) is 15.2 Å². The lowest BCUT2D eigenvalue weighted by molar-refractivity contribution is 0.203. The first-order valence-corrected chi connectivity index (χ1v) is 12.6. The molecule has 1 unspecified atom stereocenters. The van der Waals surface area contributed by atoms with Gasteiger partial charge in [0.2, 0.25) is 0 Å². The molecule has 0 spiro atoms. The molecule has 1 aromatic heterocycles. The van der Waals surface area contributed by atoms with Gasteiger partial charge in [0.25, 0.3) is 0 Å². The summed E-state index contributed by atoms with van der Waals surface area (Å²) in [5, 5.41) is 5.57. The molecule has 2 amide bonds. The van der Waals surface area contributed by atoms with E-state index in [1.54, 1.807) is 31.3 Å². The highest BCUT2D eigenvalue weighted by atomic mass is 35.5. The first-order chi connectivity index (χ1) is 17.7. The minimum absolute atomic E-state index is 0.100. The number of nitrogens with one attached hydrogen (secondary N) is 2. The number of piperidine rings is 1. The summed E-state index contributed by atoms with van der Waals surface area (Å²) in [5.41, 5.74) is 8.03. The number of carbonyl (C=O) groups is 1. The molecular formula is C27H30ClF2N5O2. The maximum atomic E-state index is 14.3. The van der Waals surface area contributed by atoms with E-state index in [1.165, 1.54) is 0 Å². The number of rotatable bonds is 7. The van der Waals surface area contributed by atoms with Crippen molar-refractivity contribution in [3.63, 3.8) is 0 Å². The Labute approximate surface area is 220 Å². The number of anilines is 2. The Kier molecular flexibility index (Phi) is 8.45. The van der Waals surface area contributed by atoms with Crippen LogP contribution in [-0.4, -0.2) is 41.6 Å². The van der Waals surface area contributed by atoms with Gasteiger partial charge in [-0.3, -0.25) is 0 Å². The molecule has 1 fully saturated rings. The molecule has 1 aliphatic rings. The average Bonchev–Trinajstić information content (AvgIpc) is 2.89. The zero-order valence-corrected chi connectivity index (χ0v) is 21.5. The van der Waals surface area contributed by atoms with Crippen LogP contribution in [0.25, 0.3) is 11.1 Å². The number of carbonyl (C=O) groups excluding carboxylic acids is 1. The predicted octanol–water partition coefficient (Wildman–Crippen LogP) is 6.01. The van der Waals surface area contributed by atoms with Gasteiger partial charge in [-0.25, -0.2) is 18.6 Å². The van der Waals surface area contributed by atoms with Crippen LogP contribution in [-0.2, 0) is 0 Å². The number of halogens is 3. The quantitative estimate of drug-likeness (QED) is 0.326. The SMILES string of the molecule is CCN1CCC(NC(=O)Nc2ccc(-c3cnc(N)c(OC(C)c4c(F)ccc(F)c4Cl)c3)cc2)CC1. The summed E-state index contributed by atoms with van der Waals surface area (Å²) in [5.74, 6) is -1.11. The van der Waals surface area contributed by atoms with E-state index in [2.05, 4.69) is 27.4 Å². The van der Waals surface area contributed by atoms with Gasteiger partial charge in [0.15, 0.2) is 11.6 Å². The van der Waals surface area contributed by atoms with Crippen LogP contribution < -0.4 is 21.1 Å². The number of urea groups is 1. The fraction of sp³-hybridized carbons (Fsp3) is 0.333. The third-order valence-electron chi connectivity index (χ3n) is 6.52. The van der Waals surface area contributed by atoms with Crippen LogP contribution in [0.5, 0.6) is 5.75 Å². The topological polar surface area (TPSA) is 92.5 Å². The van der Waals surface area contributed by atoms with Crippen LogP contribution in [0, 0.1) is 11.6 Å². The second-order valence-electron chi connectivity index (χ2n) is 9.01. The average molecular weight is 530 g/mol. The van der Waals surface area contributed by atoms with Gasteiger partial charge < -0.3 is 26.0 Å². The van der Waals surface area contributed by atoms with Crippen molar-refractivity contribution in [2.75, 3.05) is 30.7 Å². The van der Waals surface area contributed by atoms with Crippen molar-refractivity contribution in [1.29, 1.82) is 0 Å². The van der Waals surface area contributed by atoms with Gasteiger partial charge in [-0.05, 0) is 62.2 Å². The monoisotopic (exact) mass is 529 g/mol. The smallest absolute Gasteiger partial charge is 0.319 e. The zero-order valence-electron chi connectivity index (χ0n) is 20.7. The Morgan fingerprint density at radius 1 is 1.16 bits per heavy atom. The molecule has 0 aliphatic carbocycles. The van der Waals surface area contributed by atoms with Gasteiger partial charge >= 0.3 is 6.03 Å². The van der Waals surface area contributed by atoms with Crippen molar-refractivity contribution < 1.29 is 18.3 Å². The van der Waals surface area contributed by atoms with Gasteiger partial charge in [0.1, 0.15) is 17.7 Å². The van der Waals surface area contributed by atoms with E-state index >= 15 is 0 Å². The summed E-state index contributed by atoms with van der Waals surface area (Å²) in [6.07, 6.45) is 2.54. The first kappa shape index (κ1) is 26.6. The number of nitrogens with zero attached hydrogens (tertiary/aromatic N) is 2. The molecule has 0 radical (unpaired) electrons. The van der Waals surface area contributed by atoms with Crippen molar-refractivity contribution in [2.45, 2.75) is 38.8 Å². The van der Waals surface area contributed by atoms with Gasteiger partial charge in [-0.2, -0.15) is 0 Å². The maximum absolute atomic E-state index is 14.3. The molecular weight excluding hydrogens is 500 g/mol. The van der Waals surface area contributed by atoms with Crippen LogP contribution in [0.4, 0.5) is 25.1 Å². The summed E-state index contributed by atoms with van der Waals surface area (Å²) >= 11 is 5.97. The van der Waals surface area contributed by atoms with Crippen LogP contribution >= 0.6 is 11.6 Å². The van der Waals surface area contributed by atoms with E-state index in [4.69, 9.17) is 22.1 Å². The van der Waals surface area contributed by atoms with E-state index in [9.17, 15) is 13.6 Å². The molecule has 10 heteroatoms. The number of likely N-dealkylation sites (tertiary alicyclic amines) is 1. The number of benzene rings is 2. The highest BCUT2D eigenvalue weighted by Crippen LogP contribution is 2.35. The van der Waals surface area contributed by atoms with E-state index in [1.807, 2.05) is 12.1 Å². The van der Waals surface area contributed by atoms with Crippen LogP contribution in [0.2, 0.25) is 5.02 Å². The lowest BCUT2D eigenvalue weighted by Gasteiger charge is -2.31. The molecule has 0 saturated carbocycles. The lowest BCUT2D eigenvalue weighted by atomic mass is 10.1. The number of ether oxygens (including phenoxy) is 1. The summed E-state index contributed by atoms with van der Waals surface area (Å²) in [4.78, 5) is 19.0. The molecule has 2 aromatic carbocycles. The number of amides is 2. The van der Waals surface area contributed by atoms with E-state index in [-0.39, 0.29) is 34.2 Å². The van der Waals surface area contributed by atoms with E-state index in [0.29, 0.717) is 11.3 Å². The summed E-state index contributed by atoms with van der Waals surface area (Å²) < 4.78 is 34.0. The highest BCUT2D eigenvalue weighted by Gasteiger charge is 2.22. The third kappa shape index (κ3) is 6.47. The third-order valence-corrected chi connectivity index (χ3v) is 6.90. The van der Waals surface area contributed by atoms with Gasteiger partial charge in [-0.1, -0.05) is 30.7 Å². The number of nitrogens with two attached hydrogens (primary N) is 1. The molecule has 1 aliphatic heterocycles. The number of hydrogen-bond acceptors (Lipinski definition) is 5. The van der Waals surface area contributed by atoms with Gasteiger partial charge in [0.05, 0.1) is 5.02 Å². The molecule has 37 heavy (non-hydrogen) atoms. The largest absolute Gasteiger partial charge is 0.482 e. The van der Waals surface area contributed by atoms with Crippen molar-refractivity contribution in [3.8, 4) is 16.9 Å². The molecule has 196 valence electrons. The number of pyridine rings is 1. The molecule has 3 aromatic rings. The molecule has 0 bridgehead atoms. The van der Waals surface area contributed by atoms with Gasteiger partial charge in [-0.15, -0.1) is 0 Å². The molecule has 4 rings (SSSR count). The Morgan fingerprint density at radius 2 is 1.84 bits per heavy atom. The Balaban J connectivity index is 1.41. The number of hydrogen-bond donors (Lipinski definition) is 3. The van der Waals surface area contributed by atoms with Crippen LogP contribution in [0.3, 0.4) is 0 Å². The lowest BCUT2D eigenvalue weighted by Crippen LogP contribution is -2.45. The fourth-order valence-electron chi connectivity index (χ4n) is 4.36. The van der Waals surface area contributed by atoms with Crippen molar-refractivity contribution in [2.24, 2.45) is 0 Å². The summed E-state index contributed by atoms with van der Waals surface area (Å²) in [7, 11) is 0. The Morgan fingerprint density at radius 3 is 2.51 bits per heavy atom. The van der Waals surface area contributed by atoms with E-state index in [0.717, 1.165) is 50.2 Å². The predicted molar refractivity (Wildman–Crippen MR) is 142 cm³/mol. The molecule has 2 heterocycles. The molecule has 1 saturated heterocycles. The van der Waals surface area contributed by atoms with Crippen molar-refractivity contribution >= 4 is 29.1 Å². The maximum Gasteiger partial charge on any atom is 0.319 e. The number of aromatic nitrogens is 1. The van der Waals surface area contributed by atoms with Gasteiger partial charge in [0, 0.05) is 42.1 Å². The minimum Gasteiger partial charge on any atom is -0.482 e.